The summed E-state index contributed by atoms with van der Waals surface area (Å²) in [5, 5.41) is 19.2. The molecule has 13 heavy (non-hydrogen) atoms. The SMILES string of the molecule is O=[N+]([O-])OP(=O)(O)Oc1nn[nH]n1. The number of aromatic nitrogens is 4. The average molecular weight is 211 g/mol. The molecule has 1 rings (SSSR count). The van der Waals surface area contributed by atoms with Crippen molar-refractivity contribution in [1.29, 1.82) is 0 Å². The largest absolute Gasteiger partial charge is 0.560 e. The third-order valence-electron chi connectivity index (χ3n) is 0.693. The Morgan fingerprint density at radius 2 is 2.38 bits per heavy atom. The molecule has 2 N–H and O–H groups in total. The summed E-state index contributed by atoms with van der Waals surface area (Å²) in [6, 6.07) is -0.632. The first-order valence-corrected chi connectivity index (χ1v) is 4.09. The molecule has 1 aromatic rings. The number of hydrogen-bond acceptors (Lipinski definition) is 8. The molecule has 0 fully saturated rings. The lowest BCUT2D eigenvalue weighted by Gasteiger charge is -2.04. The van der Waals surface area contributed by atoms with Gasteiger partial charge in [-0.1, -0.05) is 10.2 Å². The summed E-state index contributed by atoms with van der Waals surface area (Å²) in [6.07, 6.45) is 0. The number of rotatable bonds is 4. The molecule has 0 spiro atoms. The first kappa shape index (κ1) is 9.35. The van der Waals surface area contributed by atoms with Gasteiger partial charge < -0.3 is 4.52 Å². The lowest BCUT2D eigenvalue weighted by Crippen LogP contribution is -2.03. The highest BCUT2D eigenvalue weighted by Crippen LogP contribution is 2.42. The zero-order valence-electron chi connectivity index (χ0n) is 5.72. The van der Waals surface area contributed by atoms with Gasteiger partial charge in [-0.05, 0) is 5.21 Å². The van der Waals surface area contributed by atoms with Crippen molar-refractivity contribution in [2.24, 2.45) is 0 Å². The van der Waals surface area contributed by atoms with E-state index in [2.05, 4.69) is 24.6 Å². The van der Waals surface area contributed by atoms with Gasteiger partial charge in [0.25, 0.3) is 0 Å². The van der Waals surface area contributed by atoms with Crippen molar-refractivity contribution in [3.63, 3.8) is 0 Å². The second kappa shape index (κ2) is 3.33. The number of phosphoric acid groups is 1. The van der Waals surface area contributed by atoms with Crippen LogP contribution in [0.25, 0.3) is 0 Å². The first-order chi connectivity index (χ1) is 5.99. The average Bonchev–Trinajstić information content (AvgIpc) is 2.34. The highest BCUT2D eigenvalue weighted by Gasteiger charge is 2.28. The van der Waals surface area contributed by atoms with Gasteiger partial charge in [-0.2, -0.15) is 9.84 Å². The van der Waals surface area contributed by atoms with Crippen molar-refractivity contribution in [3.8, 4) is 6.01 Å². The van der Waals surface area contributed by atoms with Crippen molar-refractivity contribution >= 4 is 7.82 Å². The Kier molecular flexibility index (Phi) is 2.39. The minimum absolute atomic E-state index is 0.632. The number of aromatic amines is 1. The van der Waals surface area contributed by atoms with Crippen LogP contribution in [0, 0.1) is 10.1 Å². The van der Waals surface area contributed by atoms with Crippen LogP contribution in [0.5, 0.6) is 6.01 Å². The van der Waals surface area contributed by atoms with E-state index in [0.717, 1.165) is 0 Å². The molecule has 72 valence electrons. The van der Waals surface area contributed by atoms with Crippen LogP contribution in [-0.2, 0) is 9.19 Å². The van der Waals surface area contributed by atoms with E-state index in [1.54, 1.807) is 0 Å². The molecule has 0 radical (unpaired) electrons. The van der Waals surface area contributed by atoms with E-state index >= 15 is 0 Å². The Morgan fingerprint density at radius 1 is 1.69 bits per heavy atom. The number of hydrogen-bond donors (Lipinski definition) is 2. The molecule has 1 heterocycles. The third-order valence-corrected chi connectivity index (χ3v) is 1.43. The molecule has 0 aliphatic heterocycles. The zero-order valence-corrected chi connectivity index (χ0v) is 6.62. The van der Waals surface area contributed by atoms with Crippen molar-refractivity contribution in [3.05, 3.63) is 10.1 Å². The number of tetrazole rings is 1. The molecular formula is CH2N5O6P. The summed E-state index contributed by atoms with van der Waals surface area (Å²) >= 11 is 0. The van der Waals surface area contributed by atoms with Crippen LogP contribution >= 0.6 is 7.82 Å². The Bertz CT molecular complexity index is 333. The third kappa shape index (κ3) is 3.01. The Balaban J connectivity index is 2.62. The minimum atomic E-state index is -4.82. The van der Waals surface area contributed by atoms with Gasteiger partial charge in [-0.15, -0.1) is 10.1 Å². The van der Waals surface area contributed by atoms with E-state index in [0.29, 0.717) is 0 Å². The molecule has 12 heteroatoms. The molecule has 0 aromatic carbocycles. The summed E-state index contributed by atoms with van der Waals surface area (Å²) in [5.74, 6) is 0. The fourth-order valence-corrected chi connectivity index (χ4v) is 0.881. The summed E-state index contributed by atoms with van der Waals surface area (Å²) < 4.78 is 17.9. The monoisotopic (exact) mass is 211 g/mol. The van der Waals surface area contributed by atoms with Crippen LogP contribution in [0.1, 0.15) is 0 Å². The smallest absolute Gasteiger partial charge is 0.368 e. The van der Waals surface area contributed by atoms with Crippen molar-refractivity contribution < 1.29 is 23.7 Å². The summed E-state index contributed by atoms with van der Waals surface area (Å²) in [6.45, 7) is 0. The van der Waals surface area contributed by atoms with Crippen molar-refractivity contribution in [2.45, 2.75) is 0 Å². The fraction of sp³-hybridized carbons (Fsp3) is 0. The topological polar surface area (TPSA) is 153 Å². The predicted molar refractivity (Wildman–Crippen MR) is 32.7 cm³/mol. The lowest BCUT2D eigenvalue weighted by molar-refractivity contribution is -0.717. The van der Waals surface area contributed by atoms with Crippen LogP contribution < -0.4 is 4.52 Å². The second-order valence-electron chi connectivity index (χ2n) is 1.56. The second-order valence-corrected chi connectivity index (χ2v) is 2.84. The van der Waals surface area contributed by atoms with Crippen LogP contribution in [0.3, 0.4) is 0 Å². The van der Waals surface area contributed by atoms with Crippen LogP contribution in [0.15, 0.2) is 0 Å². The quantitative estimate of drug-likeness (QED) is 0.358. The molecule has 0 saturated carbocycles. The fourth-order valence-electron chi connectivity index (χ4n) is 0.395. The molecule has 0 aliphatic rings. The van der Waals surface area contributed by atoms with E-state index in [-0.39, 0.29) is 0 Å². The van der Waals surface area contributed by atoms with E-state index in [1.807, 2.05) is 5.21 Å². The minimum Gasteiger partial charge on any atom is -0.368 e. The summed E-state index contributed by atoms with van der Waals surface area (Å²) in [5.41, 5.74) is 0. The maximum absolute atomic E-state index is 10.6. The van der Waals surface area contributed by atoms with Gasteiger partial charge in [0, 0.05) is 0 Å². The van der Waals surface area contributed by atoms with Crippen molar-refractivity contribution in [2.75, 3.05) is 0 Å². The maximum atomic E-state index is 10.6. The highest BCUT2D eigenvalue weighted by molar-refractivity contribution is 7.47. The highest BCUT2D eigenvalue weighted by atomic mass is 31.2. The molecule has 0 bridgehead atoms. The van der Waals surface area contributed by atoms with Crippen LogP contribution in [0.4, 0.5) is 0 Å². The van der Waals surface area contributed by atoms with Crippen LogP contribution in [0.2, 0.25) is 0 Å². The van der Waals surface area contributed by atoms with Gasteiger partial charge in [-0.25, -0.2) is 4.57 Å². The standard InChI is InChI=1S/CH2N5O6P/c7-6(8)12-13(9,10)11-1-2-4-5-3-1/h(H,9,10)(H,2,3,4,5). The number of phosphoric ester groups is 1. The summed E-state index contributed by atoms with van der Waals surface area (Å²) in [7, 11) is -4.82. The predicted octanol–water partition coefficient (Wildman–Crippen LogP) is -1.11. The van der Waals surface area contributed by atoms with Gasteiger partial charge in [0.15, 0.2) is 0 Å². The molecule has 0 saturated heterocycles. The Labute approximate surface area is 69.4 Å². The first-order valence-electron chi connectivity index (χ1n) is 2.59. The number of H-pyrrole nitrogens is 1. The lowest BCUT2D eigenvalue weighted by atomic mass is 11.3. The van der Waals surface area contributed by atoms with E-state index in [1.165, 1.54) is 0 Å². The van der Waals surface area contributed by atoms with E-state index in [9.17, 15) is 14.7 Å². The van der Waals surface area contributed by atoms with Gasteiger partial charge in [0.05, 0.1) is 0 Å². The zero-order chi connectivity index (χ0) is 9.90. The number of nitrogens with one attached hydrogen (secondary N) is 1. The normalized spacial score (nSPS) is 14.5. The van der Waals surface area contributed by atoms with Gasteiger partial charge in [0.2, 0.25) is 0 Å². The molecule has 0 aliphatic carbocycles. The molecule has 1 aromatic heterocycles. The van der Waals surface area contributed by atoms with Gasteiger partial charge in [-0.3, -0.25) is 4.89 Å². The Hall–Kier alpha value is -1.74. The van der Waals surface area contributed by atoms with Crippen molar-refractivity contribution in [1.82, 2.24) is 20.6 Å². The molecular weight excluding hydrogens is 209 g/mol. The maximum Gasteiger partial charge on any atom is 0.560 e. The van der Waals surface area contributed by atoms with Gasteiger partial charge >= 0.3 is 18.9 Å². The van der Waals surface area contributed by atoms with Gasteiger partial charge in [0.1, 0.15) is 0 Å². The number of nitrogens with zero attached hydrogens (tertiary/aromatic N) is 4. The molecule has 1 unspecified atom stereocenters. The van der Waals surface area contributed by atoms with E-state index in [4.69, 9.17) is 4.89 Å². The Morgan fingerprint density at radius 3 is 2.85 bits per heavy atom. The summed E-state index contributed by atoms with van der Waals surface area (Å²) in [4.78, 5) is 18.3. The molecule has 11 nitrogen and oxygen atoms in total. The van der Waals surface area contributed by atoms with Crippen LogP contribution in [-0.4, -0.2) is 30.6 Å². The van der Waals surface area contributed by atoms with E-state index < -0.39 is 18.9 Å². The molecule has 1 atom stereocenters. The molecule has 0 amide bonds.